The van der Waals surface area contributed by atoms with Gasteiger partial charge in [0.25, 0.3) is 0 Å². The molecular weight excluding hydrogens is 286 g/mol. The lowest BCUT2D eigenvalue weighted by Crippen LogP contribution is -2.43. The molecule has 2 aliphatic rings. The Bertz CT molecular complexity index is 550. The molecule has 3 rings (SSSR count). The van der Waals surface area contributed by atoms with Gasteiger partial charge in [0, 0.05) is 24.8 Å². The van der Waals surface area contributed by atoms with Gasteiger partial charge in [0.05, 0.1) is 0 Å². The predicted octanol–water partition coefficient (Wildman–Crippen LogP) is 1.81. The van der Waals surface area contributed by atoms with Crippen molar-refractivity contribution in [3.8, 4) is 0 Å². The fraction of sp³-hybridized carbons (Fsp3) is 0.600. The van der Waals surface area contributed by atoms with Crippen LogP contribution >= 0.6 is 0 Å². The highest BCUT2D eigenvalue weighted by atomic mass is 32.2. The lowest BCUT2D eigenvalue weighted by atomic mass is 9.98. The molecule has 0 aromatic heterocycles. The van der Waals surface area contributed by atoms with E-state index in [9.17, 15) is 8.42 Å². The van der Waals surface area contributed by atoms with Crippen LogP contribution in [0.15, 0.2) is 30.3 Å². The van der Waals surface area contributed by atoms with E-state index in [0.717, 1.165) is 25.4 Å². The van der Waals surface area contributed by atoms with Crippen LogP contribution in [0.2, 0.25) is 0 Å². The van der Waals surface area contributed by atoms with Gasteiger partial charge in [-0.25, -0.2) is 0 Å². The molecule has 1 saturated carbocycles. The summed E-state index contributed by atoms with van der Waals surface area (Å²) in [4.78, 5) is 0. The summed E-state index contributed by atoms with van der Waals surface area (Å²) in [6, 6.07) is 9.79. The Morgan fingerprint density at radius 2 is 1.71 bits per heavy atom. The Balaban J connectivity index is 1.50. The number of hydrogen-bond acceptors (Lipinski definition) is 3. The Morgan fingerprint density at radius 1 is 1.05 bits per heavy atom. The molecule has 2 N–H and O–H groups in total. The van der Waals surface area contributed by atoms with E-state index in [-0.39, 0.29) is 0 Å². The van der Waals surface area contributed by atoms with Crippen LogP contribution in [0.4, 0.5) is 5.69 Å². The predicted molar refractivity (Wildman–Crippen MR) is 84.3 cm³/mol. The molecule has 1 aromatic rings. The highest BCUT2D eigenvalue weighted by Crippen LogP contribution is 2.23. The molecule has 1 aromatic carbocycles. The lowest BCUT2D eigenvalue weighted by Gasteiger charge is -2.31. The van der Waals surface area contributed by atoms with E-state index in [0.29, 0.717) is 24.7 Å². The highest BCUT2D eigenvalue weighted by Gasteiger charge is 2.29. The highest BCUT2D eigenvalue weighted by molar-refractivity contribution is 7.90. The fourth-order valence-corrected chi connectivity index (χ4v) is 3.95. The molecule has 21 heavy (non-hydrogen) atoms. The number of para-hydroxylation sites is 1. The second kappa shape index (κ2) is 6.34. The summed E-state index contributed by atoms with van der Waals surface area (Å²) in [5.41, 5.74) is 0.620. The van der Waals surface area contributed by atoms with Crippen molar-refractivity contribution >= 4 is 15.9 Å². The molecule has 0 unspecified atom stereocenters. The van der Waals surface area contributed by atoms with Crippen molar-refractivity contribution in [1.82, 2.24) is 9.62 Å². The molecule has 0 amide bonds. The van der Waals surface area contributed by atoms with Crippen LogP contribution in [0.1, 0.15) is 25.7 Å². The molecule has 2 fully saturated rings. The molecule has 1 saturated heterocycles. The molecule has 1 heterocycles. The second-order valence-corrected chi connectivity index (χ2v) is 7.67. The number of hydrogen-bond donors (Lipinski definition) is 2. The maximum Gasteiger partial charge on any atom is 0.301 e. The summed E-state index contributed by atoms with van der Waals surface area (Å²) in [6.45, 7) is 2.25. The van der Waals surface area contributed by atoms with E-state index >= 15 is 0 Å². The molecule has 0 radical (unpaired) electrons. The quantitative estimate of drug-likeness (QED) is 0.842. The molecule has 0 bridgehead atoms. The third kappa shape index (κ3) is 4.18. The zero-order chi connectivity index (χ0) is 14.7. The summed E-state index contributed by atoms with van der Waals surface area (Å²) in [5, 5.41) is 3.54. The minimum Gasteiger partial charge on any atom is -0.314 e. The minimum atomic E-state index is -3.42. The maximum absolute atomic E-state index is 12.3. The van der Waals surface area contributed by atoms with Gasteiger partial charge in [-0.2, -0.15) is 12.7 Å². The zero-order valence-electron chi connectivity index (χ0n) is 12.2. The van der Waals surface area contributed by atoms with Crippen LogP contribution in [0, 0.1) is 5.92 Å². The summed E-state index contributed by atoms with van der Waals surface area (Å²) in [6.07, 6.45) is 4.48. The first kappa shape index (κ1) is 14.8. The van der Waals surface area contributed by atoms with Crippen molar-refractivity contribution in [1.29, 1.82) is 0 Å². The average Bonchev–Trinajstić information content (AvgIpc) is 3.30. The van der Waals surface area contributed by atoms with E-state index in [2.05, 4.69) is 10.0 Å². The van der Waals surface area contributed by atoms with Gasteiger partial charge in [-0.1, -0.05) is 18.2 Å². The lowest BCUT2D eigenvalue weighted by molar-refractivity contribution is 0.268. The van der Waals surface area contributed by atoms with Gasteiger partial charge in [0.15, 0.2) is 0 Å². The smallest absolute Gasteiger partial charge is 0.301 e. The van der Waals surface area contributed by atoms with Crippen molar-refractivity contribution < 1.29 is 8.42 Å². The maximum atomic E-state index is 12.3. The molecule has 0 atom stereocenters. The normalized spacial score (nSPS) is 21.3. The average molecular weight is 309 g/mol. The third-order valence-corrected chi connectivity index (χ3v) is 5.75. The van der Waals surface area contributed by atoms with Gasteiger partial charge in [-0.05, 0) is 50.3 Å². The Morgan fingerprint density at radius 3 is 2.33 bits per heavy atom. The van der Waals surface area contributed by atoms with Gasteiger partial charge in [-0.15, -0.1) is 0 Å². The number of rotatable bonds is 6. The first-order valence-electron chi connectivity index (χ1n) is 7.70. The molecule has 116 valence electrons. The van der Waals surface area contributed by atoms with Gasteiger partial charge < -0.3 is 5.32 Å². The topological polar surface area (TPSA) is 61.4 Å². The van der Waals surface area contributed by atoms with E-state index in [4.69, 9.17) is 0 Å². The van der Waals surface area contributed by atoms with Crippen LogP contribution in [-0.2, 0) is 10.2 Å². The molecule has 1 aliphatic carbocycles. The molecular formula is C15H23N3O2S. The standard InChI is InChI=1S/C15H23N3O2S/c19-21(20,17-15-4-2-1-3-5-15)18-10-8-13(9-11-18)12-16-14-6-7-14/h1-5,13-14,16-17H,6-12H2. The summed E-state index contributed by atoms with van der Waals surface area (Å²) >= 11 is 0. The first-order chi connectivity index (χ1) is 10.1. The number of benzene rings is 1. The summed E-state index contributed by atoms with van der Waals surface area (Å²) in [5.74, 6) is 0.605. The van der Waals surface area contributed by atoms with Gasteiger partial charge in [0.2, 0.25) is 0 Å². The zero-order valence-corrected chi connectivity index (χ0v) is 13.0. The monoisotopic (exact) mass is 309 g/mol. The molecule has 5 nitrogen and oxygen atoms in total. The Kier molecular flexibility index (Phi) is 4.47. The largest absolute Gasteiger partial charge is 0.314 e. The van der Waals surface area contributed by atoms with Crippen LogP contribution in [0.3, 0.4) is 0 Å². The molecule has 1 aliphatic heterocycles. The van der Waals surface area contributed by atoms with Crippen molar-refractivity contribution in [2.45, 2.75) is 31.7 Å². The number of nitrogens with one attached hydrogen (secondary N) is 2. The van der Waals surface area contributed by atoms with Crippen molar-refractivity contribution in [3.63, 3.8) is 0 Å². The number of nitrogens with zero attached hydrogens (tertiary/aromatic N) is 1. The Labute approximate surface area is 126 Å². The second-order valence-electron chi connectivity index (χ2n) is 6.00. The summed E-state index contributed by atoms with van der Waals surface area (Å²) < 4.78 is 28.9. The van der Waals surface area contributed by atoms with Gasteiger partial charge in [-0.3, -0.25) is 4.72 Å². The van der Waals surface area contributed by atoms with Gasteiger partial charge >= 0.3 is 10.2 Å². The minimum absolute atomic E-state index is 0.605. The van der Waals surface area contributed by atoms with Crippen molar-refractivity contribution in [2.24, 2.45) is 5.92 Å². The Hall–Kier alpha value is -1.11. The molecule has 6 heteroatoms. The molecule has 0 spiro atoms. The van der Waals surface area contributed by atoms with Gasteiger partial charge in [0.1, 0.15) is 0 Å². The van der Waals surface area contributed by atoms with Crippen LogP contribution in [-0.4, -0.2) is 38.4 Å². The van der Waals surface area contributed by atoms with E-state index < -0.39 is 10.2 Å². The van der Waals surface area contributed by atoms with Crippen LogP contribution in [0.25, 0.3) is 0 Å². The van der Waals surface area contributed by atoms with E-state index in [1.54, 1.807) is 16.4 Å². The van der Waals surface area contributed by atoms with Crippen LogP contribution in [0.5, 0.6) is 0 Å². The van der Waals surface area contributed by atoms with E-state index in [1.165, 1.54) is 12.8 Å². The number of anilines is 1. The van der Waals surface area contributed by atoms with E-state index in [1.807, 2.05) is 18.2 Å². The number of piperidine rings is 1. The summed E-state index contributed by atoms with van der Waals surface area (Å²) in [7, 11) is -3.42. The fourth-order valence-electron chi connectivity index (χ4n) is 2.69. The first-order valence-corrected chi connectivity index (χ1v) is 9.14. The third-order valence-electron chi connectivity index (χ3n) is 4.21. The van der Waals surface area contributed by atoms with Crippen molar-refractivity contribution in [2.75, 3.05) is 24.4 Å². The van der Waals surface area contributed by atoms with Crippen LogP contribution < -0.4 is 10.0 Å². The SMILES string of the molecule is O=S(=O)(Nc1ccccc1)N1CCC(CNC2CC2)CC1. The van der Waals surface area contributed by atoms with Crippen molar-refractivity contribution in [3.05, 3.63) is 30.3 Å².